The van der Waals surface area contributed by atoms with E-state index in [1.807, 2.05) is 0 Å². The molecule has 4 nitrogen and oxygen atoms in total. The fourth-order valence-corrected chi connectivity index (χ4v) is 2.83. The molecular formula is C14H26N4. The maximum absolute atomic E-state index is 4.22. The van der Waals surface area contributed by atoms with Crippen molar-refractivity contribution in [2.45, 2.75) is 52.1 Å². The first-order chi connectivity index (χ1) is 8.68. The van der Waals surface area contributed by atoms with Gasteiger partial charge in [-0.15, -0.1) is 0 Å². The Morgan fingerprint density at radius 3 is 2.67 bits per heavy atom. The molecule has 0 atom stereocenters. The Balaban J connectivity index is 1.66. The summed E-state index contributed by atoms with van der Waals surface area (Å²) in [7, 11) is 2.26. The predicted octanol–water partition coefficient (Wildman–Crippen LogP) is 1.99. The molecule has 0 spiro atoms. The molecule has 1 aliphatic rings. The summed E-state index contributed by atoms with van der Waals surface area (Å²) in [5.41, 5.74) is 3.62. The summed E-state index contributed by atoms with van der Waals surface area (Å²) in [4.78, 5) is 2.51. The van der Waals surface area contributed by atoms with Crippen LogP contribution in [0.1, 0.15) is 42.6 Å². The van der Waals surface area contributed by atoms with Gasteiger partial charge in [-0.2, -0.15) is 5.10 Å². The molecule has 1 heterocycles. The lowest BCUT2D eigenvalue weighted by Gasteiger charge is -2.23. The van der Waals surface area contributed by atoms with Crippen LogP contribution in [-0.4, -0.2) is 41.3 Å². The molecule has 1 aliphatic carbocycles. The van der Waals surface area contributed by atoms with Crippen LogP contribution in [0, 0.1) is 13.8 Å². The molecule has 1 aromatic heterocycles. The van der Waals surface area contributed by atoms with E-state index < -0.39 is 0 Å². The van der Waals surface area contributed by atoms with Gasteiger partial charge in [-0.25, -0.2) is 0 Å². The van der Waals surface area contributed by atoms with E-state index in [0.29, 0.717) is 0 Å². The van der Waals surface area contributed by atoms with Gasteiger partial charge >= 0.3 is 0 Å². The third-order valence-electron chi connectivity index (χ3n) is 4.17. The number of aromatic nitrogens is 2. The molecule has 0 saturated heterocycles. The highest BCUT2D eigenvalue weighted by atomic mass is 15.1. The largest absolute Gasteiger partial charge is 0.311 e. The second kappa shape index (κ2) is 6.34. The van der Waals surface area contributed by atoms with Gasteiger partial charge in [0, 0.05) is 36.9 Å². The summed E-state index contributed by atoms with van der Waals surface area (Å²) in [6, 6.07) is 0.823. The Labute approximate surface area is 110 Å². The summed E-state index contributed by atoms with van der Waals surface area (Å²) < 4.78 is 0. The summed E-state index contributed by atoms with van der Waals surface area (Å²) in [5, 5.41) is 10.8. The first-order valence-electron chi connectivity index (χ1n) is 7.10. The van der Waals surface area contributed by atoms with Gasteiger partial charge in [-0.3, -0.25) is 5.10 Å². The second-order valence-electron chi connectivity index (χ2n) is 5.51. The minimum Gasteiger partial charge on any atom is -0.311 e. The second-order valence-corrected chi connectivity index (χ2v) is 5.51. The molecule has 18 heavy (non-hydrogen) atoms. The van der Waals surface area contributed by atoms with Crippen LogP contribution in [-0.2, 0) is 6.54 Å². The van der Waals surface area contributed by atoms with E-state index >= 15 is 0 Å². The number of hydrogen-bond acceptors (Lipinski definition) is 3. The van der Waals surface area contributed by atoms with E-state index in [4.69, 9.17) is 0 Å². The van der Waals surface area contributed by atoms with Crippen molar-refractivity contribution in [3.63, 3.8) is 0 Å². The zero-order valence-electron chi connectivity index (χ0n) is 11.9. The molecule has 0 radical (unpaired) electrons. The lowest BCUT2D eigenvalue weighted by atomic mass is 10.2. The highest BCUT2D eigenvalue weighted by Gasteiger charge is 2.18. The van der Waals surface area contributed by atoms with Crippen molar-refractivity contribution in [2.75, 3.05) is 20.1 Å². The van der Waals surface area contributed by atoms with Crippen LogP contribution >= 0.6 is 0 Å². The number of nitrogens with zero attached hydrogens (tertiary/aromatic N) is 2. The third-order valence-corrected chi connectivity index (χ3v) is 4.17. The smallest absolute Gasteiger partial charge is 0.0638 e. The normalized spacial score (nSPS) is 16.9. The number of likely N-dealkylation sites (N-methyl/N-ethyl adjacent to an activating group) is 1. The molecule has 1 aromatic rings. The van der Waals surface area contributed by atoms with Crippen molar-refractivity contribution < 1.29 is 0 Å². The third kappa shape index (κ3) is 3.33. The number of aromatic amines is 1. The van der Waals surface area contributed by atoms with E-state index in [0.717, 1.165) is 31.4 Å². The van der Waals surface area contributed by atoms with Crippen molar-refractivity contribution in [1.82, 2.24) is 20.4 Å². The molecule has 1 fully saturated rings. The average Bonchev–Trinajstić information content (AvgIpc) is 2.97. The molecule has 2 N–H and O–H groups in total. The molecule has 0 aromatic carbocycles. The highest BCUT2D eigenvalue weighted by molar-refractivity contribution is 5.22. The topological polar surface area (TPSA) is 44.0 Å². The number of aryl methyl sites for hydroxylation is 2. The maximum Gasteiger partial charge on any atom is 0.0638 e. The van der Waals surface area contributed by atoms with Crippen LogP contribution in [0.5, 0.6) is 0 Å². The van der Waals surface area contributed by atoms with Gasteiger partial charge in [-0.1, -0.05) is 12.8 Å². The summed E-state index contributed by atoms with van der Waals surface area (Å²) >= 11 is 0. The summed E-state index contributed by atoms with van der Waals surface area (Å²) in [6.45, 7) is 7.26. The minimum absolute atomic E-state index is 0.823. The first-order valence-corrected chi connectivity index (χ1v) is 7.10. The lowest BCUT2D eigenvalue weighted by molar-refractivity contribution is 0.245. The van der Waals surface area contributed by atoms with E-state index in [2.05, 4.69) is 41.3 Å². The van der Waals surface area contributed by atoms with Crippen LogP contribution in [0.15, 0.2) is 0 Å². The summed E-state index contributed by atoms with van der Waals surface area (Å²) in [6.07, 6.45) is 5.60. The van der Waals surface area contributed by atoms with Crippen LogP contribution in [0.3, 0.4) is 0 Å². The lowest BCUT2D eigenvalue weighted by Crippen LogP contribution is -2.35. The number of H-pyrrole nitrogens is 1. The van der Waals surface area contributed by atoms with E-state index in [-0.39, 0.29) is 0 Å². The van der Waals surface area contributed by atoms with Crippen molar-refractivity contribution >= 4 is 0 Å². The van der Waals surface area contributed by atoms with Crippen LogP contribution in [0.25, 0.3) is 0 Å². The zero-order chi connectivity index (χ0) is 13.0. The maximum atomic E-state index is 4.22. The highest BCUT2D eigenvalue weighted by Crippen LogP contribution is 2.21. The molecule has 102 valence electrons. The predicted molar refractivity (Wildman–Crippen MR) is 74.7 cm³/mol. The summed E-state index contributed by atoms with van der Waals surface area (Å²) in [5.74, 6) is 0. The first kappa shape index (κ1) is 13.6. The fraction of sp³-hybridized carbons (Fsp3) is 0.786. The van der Waals surface area contributed by atoms with E-state index in [1.165, 1.54) is 36.9 Å². The van der Waals surface area contributed by atoms with E-state index in [9.17, 15) is 0 Å². The van der Waals surface area contributed by atoms with Crippen LogP contribution < -0.4 is 5.32 Å². The molecule has 4 heteroatoms. The molecule has 2 rings (SSSR count). The Kier molecular flexibility index (Phi) is 4.78. The molecule has 1 saturated carbocycles. The van der Waals surface area contributed by atoms with Gasteiger partial charge in [0.25, 0.3) is 0 Å². The van der Waals surface area contributed by atoms with Gasteiger partial charge in [0.15, 0.2) is 0 Å². The van der Waals surface area contributed by atoms with Gasteiger partial charge in [-0.05, 0) is 33.7 Å². The minimum atomic E-state index is 0.823. The molecule has 0 unspecified atom stereocenters. The van der Waals surface area contributed by atoms with Crippen LogP contribution in [0.4, 0.5) is 0 Å². The van der Waals surface area contributed by atoms with Crippen molar-refractivity contribution in [1.29, 1.82) is 0 Å². The SMILES string of the molecule is Cc1n[nH]c(C)c1CNCCN(C)C1CCCC1. The van der Waals surface area contributed by atoms with Crippen molar-refractivity contribution in [3.8, 4) is 0 Å². The number of hydrogen-bond donors (Lipinski definition) is 2. The Morgan fingerprint density at radius 1 is 1.33 bits per heavy atom. The van der Waals surface area contributed by atoms with Gasteiger partial charge < -0.3 is 10.2 Å². The Morgan fingerprint density at radius 2 is 2.06 bits per heavy atom. The van der Waals surface area contributed by atoms with Gasteiger partial charge in [0.1, 0.15) is 0 Å². The number of nitrogens with one attached hydrogen (secondary N) is 2. The Hall–Kier alpha value is -0.870. The standard InChI is InChI=1S/C14H26N4/c1-11-14(12(2)17-16-11)10-15-8-9-18(3)13-6-4-5-7-13/h13,15H,4-10H2,1-3H3,(H,16,17). The van der Waals surface area contributed by atoms with Gasteiger partial charge in [0.05, 0.1) is 5.69 Å². The molecule has 0 bridgehead atoms. The monoisotopic (exact) mass is 250 g/mol. The fourth-order valence-electron chi connectivity index (χ4n) is 2.83. The van der Waals surface area contributed by atoms with Crippen molar-refractivity contribution in [2.24, 2.45) is 0 Å². The van der Waals surface area contributed by atoms with E-state index in [1.54, 1.807) is 0 Å². The number of rotatable bonds is 6. The molecule has 0 amide bonds. The molecule has 0 aliphatic heterocycles. The zero-order valence-corrected chi connectivity index (χ0v) is 11.9. The average molecular weight is 250 g/mol. The van der Waals surface area contributed by atoms with Gasteiger partial charge in [0.2, 0.25) is 0 Å². The molecular weight excluding hydrogens is 224 g/mol. The van der Waals surface area contributed by atoms with Crippen LogP contribution in [0.2, 0.25) is 0 Å². The Bertz CT molecular complexity index is 346. The van der Waals surface area contributed by atoms with Crippen molar-refractivity contribution in [3.05, 3.63) is 17.0 Å². The quantitative estimate of drug-likeness (QED) is 0.759.